The monoisotopic (exact) mass is 240 g/mol. The van der Waals surface area contributed by atoms with Crippen LogP contribution in [0.3, 0.4) is 0 Å². The highest BCUT2D eigenvalue weighted by atomic mass is 16.1. The second-order valence-electron chi connectivity index (χ2n) is 2.25. The van der Waals surface area contributed by atoms with E-state index in [1.165, 1.54) is 10.9 Å². The van der Waals surface area contributed by atoms with Crippen molar-refractivity contribution >= 4 is 11.2 Å². The van der Waals surface area contributed by atoms with Crippen molar-refractivity contribution in [3.8, 4) is 0 Å². The molecule has 2 rings (SSSR count). The number of rotatable bonds is 0. The molecule has 17 heavy (non-hydrogen) atoms. The molecule has 2 heterocycles. The highest BCUT2D eigenvalue weighted by molar-refractivity contribution is 5.68. The number of nitrogens with zero attached hydrogens (tertiary/aromatic N) is 3. The average molecular weight is 240 g/mol. The van der Waals surface area contributed by atoms with Gasteiger partial charge in [0, 0.05) is 7.05 Å². The smallest absolute Gasteiger partial charge is 0.292 e. The van der Waals surface area contributed by atoms with Gasteiger partial charge in [-0.1, -0.05) is 41.5 Å². The summed E-state index contributed by atoms with van der Waals surface area (Å²) in [6, 6.07) is 0. The van der Waals surface area contributed by atoms with Gasteiger partial charge < -0.3 is 0 Å². The van der Waals surface area contributed by atoms with Gasteiger partial charge in [0.1, 0.15) is 11.8 Å². The molecule has 0 unspecified atom stereocenters. The predicted molar refractivity (Wildman–Crippen MR) is 73.2 cm³/mol. The molecule has 0 aliphatic rings. The maximum atomic E-state index is 11.0. The molecule has 0 aliphatic carbocycles. The summed E-state index contributed by atoms with van der Waals surface area (Å²) in [5.41, 5.74) is 1.13. The summed E-state index contributed by atoms with van der Waals surface area (Å²) in [6.45, 7) is 12.0. The standard InChI is InChI=1S/C6H6N4O.3C2H6/c1-10-4-2-7-3-8-5(4)9-6(10)11;3*1-2/h2-3H,1H3,(H,7,8,9,11);3*1-2H3. The largest absolute Gasteiger partial charge is 0.327 e. The summed E-state index contributed by atoms with van der Waals surface area (Å²) in [6.07, 6.45) is 3.00. The Balaban J connectivity index is 0. The third-order valence-corrected chi connectivity index (χ3v) is 1.58. The first kappa shape index (κ1) is 17.7. The maximum absolute atomic E-state index is 11.0. The third kappa shape index (κ3) is 4.80. The summed E-state index contributed by atoms with van der Waals surface area (Å²) < 4.78 is 1.47. The van der Waals surface area contributed by atoms with Crippen LogP contribution in [0.15, 0.2) is 17.3 Å². The minimum Gasteiger partial charge on any atom is -0.292 e. The zero-order valence-electron chi connectivity index (χ0n) is 11.9. The van der Waals surface area contributed by atoms with E-state index in [2.05, 4.69) is 15.0 Å². The van der Waals surface area contributed by atoms with E-state index >= 15 is 0 Å². The van der Waals surface area contributed by atoms with E-state index in [1.54, 1.807) is 13.2 Å². The van der Waals surface area contributed by atoms with Gasteiger partial charge in [0.15, 0.2) is 5.65 Å². The van der Waals surface area contributed by atoms with Gasteiger partial charge in [-0.25, -0.2) is 14.8 Å². The molecule has 0 radical (unpaired) electrons. The Morgan fingerprint density at radius 3 is 2.12 bits per heavy atom. The minimum absolute atomic E-state index is 0.166. The van der Waals surface area contributed by atoms with E-state index in [4.69, 9.17) is 0 Å². The Morgan fingerprint density at radius 1 is 1.12 bits per heavy atom. The van der Waals surface area contributed by atoms with Crippen molar-refractivity contribution in [3.05, 3.63) is 23.0 Å². The van der Waals surface area contributed by atoms with E-state index in [9.17, 15) is 4.79 Å². The molecule has 0 saturated carbocycles. The first-order valence-electron chi connectivity index (χ1n) is 6.14. The van der Waals surface area contributed by atoms with Gasteiger partial charge in [-0.15, -0.1) is 0 Å². The van der Waals surface area contributed by atoms with Gasteiger partial charge in [0.2, 0.25) is 0 Å². The molecular weight excluding hydrogens is 216 g/mol. The number of fused-ring (bicyclic) bond motifs is 1. The van der Waals surface area contributed by atoms with Crippen LogP contribution in [0.25, 0.3) is 11.2 Å². The second-order valence-corrected chi connectivity index (χ2v) is 2.25. The second kappa shape index (κ2) is 10.9. The maximum Gasteiger partial charge on any atom is 0.327 e. The van der Waals surface area contributed by atoms with Crippen LogP contribution in [0, 0.1) is 0 Å². The number of aromatic nitrogens is 4. The fourth-order valence-electron chi connectivity index (χ4n) is 0.959. The Bertz CT molecular complexity index is 445. The fourth-order valence-corrected chi connectivity index (χ4v) is 0.959. The average Bonchev–Trinajstić information content (AvgIpc) is 2.73. The Morgan fingerprint density at radius 2 is 1.65 bits per heavy atom. The molecule has 1 N–H and O–H groups in total. The summed E-state index contributed by atoms with van der Waals surface area (Å²) in [7, 11) is 1.67. The van der Waals surface area contributed by atoms with Crippen LogP contribution in [0.5, 0.6) is 0 Å². The fraction of sp³-hybridized carbons (Fsp3) is 0.583. The van der Waals surface area contributed by atoms with Gasteiger partial charge in [0.05, 0.1) is 6.20 Å². The number of H-pyrrole nitrogens is 1. The molecule has 2 aromatic heterocycles. The van der Waals surface area contributed by atoms with E-state index in [0.717, 1.165) is 5.52 Å². The lowest BCUT2D eigenvalue weighted by Gasteiger charge is -1.88. The summed E-state index contributed by atoms with van der Waals surface area (Å²) in [4.78, 5) is 21.2. The highest BCUT2D eigenvalue weighted by Gasteiger charge is 2.01. The molecular formula is C12H24N4O. The molecule has 0 amide bonds. The highest BCUT2D eigenvalue weighted by Crippen LogP contribution is 2.00. The number of aryl methyl sites for hydroxylation is 1. The molecule has 98 valence electrons. The number of hydrogen-bond donors (Lipinski definition) is 1. The Kier molecular flexibility index (Phi) is 11.3. The summed E-state index contributed by atoms with van der Waals surface area (Å²) in [5, 5.41) is 0. The lowest BCUT2D eigenvalue weighted by Crippen LogP contribution is -2.11. The number of aromatic amines is 1. The van der Waals surface area contributed by atoms with E-state index < -0.39 is 0 Å². The topological polar surface area (TPSA) is 63.6 Å². The predicted octanol–water partition coefficient (Wildman–Crippen LogP) is 2.74. The quantitative estimate of drug-likeness (QED) is 0.770. The van der Waals surface area contributed by atoms with Crippen molar-refractivity contribution in [1.82, 2.24) is 19.5 Å². The van der Waals surface area contributed by atoms with Crippen LogP contribution in [0.1, 0.15) is 41.5 Å². The zero-order chi connectivity index (χ0) is 13.8. The Labute approximate surface area is 103 Å². The molecule has 0 saturated heterocycles. The lowest BCUT2D eigenvalue weighted by atomic mass is 10.5. The molecule has 5 heteroatoms. The normalized spacial score (nSPS) is 7.94. The Hall–Kier alpha value is -1.65. The molecule has 0 bridgehead atoms. The van der Waals surface area contributed by atoms with Crippen molar-refractivity contribution in [2.75, 3.05) is 0 Å². The molecule has 0 aliphatic heterocycles. The van der Waals surface area contributed by atoms with Gasteiger partial charge in [-0.2, -0.15) is 0 Å². The van der Waals surface area contributed by atoms with Crippen LogP contribution in [-0.4, -0.2) is 19.5 Å². The first-order chi connectivity index (χ1) is 8.29. The number of nitrogens with one attached hydrogen (secondary N) is 1. The van der Waals surface area contributed by atoms with Crippen molar-refractivity contribution in [1.29, 1.82) is 0 Å². The van der Waals surface area contributed by atoms with Crippen molar-refractivity contribution in [3.63, 3.8) is 0 Å². The molecule has 0 aromatic carbocycles. The molecule has 5 nitrogen and oxygen atoms in total. The zero-order valence-corrected chi connectivity index (χ0v) is 11.9. The molecule has 0 fully saturated rings. The SMILES string of the molecule is CC.CC.CC.Cn1c(=O)[nH]c2ncncc21. The summed E-state index contributed by atoms with van der Waals surface area (Å²) >= 11 is 0. The van der Waals surface area contributed by atoms with Gasteiger partial charge in [-0.3, -0.25) is 9.55 Å². The number of hydrogen-bond acceptors (Lipinski definition) is 3. The van der Waals surface area contributed by atoms with E-state index in [1.807, 2.05) is 41.5 Å². The number of imidazole rings is 1. The van der Waals surface area contributed by atoms with Gasteiger partial charge >= 0.3 is 5.69 Å². The van der Waals surface area contributed by atoms with Gasteiger partial charge in [0.25, 0.3) is 0 Å². The summed E-state index contributed by atoms with van der Waals surface area (Å²) in [5.74, 6) is 0. The molecule has 2 aromatic rings. The van der Waals surface area contributed by atoms with Crippen molar-refractivity contribution in [2.24, 2.45) is 7.05 Å². The van der Waals surface area contributed by atoms with E-state index in [0.29, 0.717) is 5.65 Å². The van der Waals surface area contributed by atoms with Crippen molar-refractivity contribution < 1.29 is 0 Å². The third-order valence-electron chi connectivity index (χ3n) is 1.58. The lowest BCUT2D eigenvalue weighted by molar-refractivity contribution is 0.890. The molecule has 0 spiro atoms. The van der Waals surface area contributed by atoms with Gasteiger partial charge in [-0.05, 0) is 0 Å². The van der Waals surface area contributed by atoms with Crippen LogP contribution in [-0.2, 0) is 7.05 Å². The van der Waals surface area contributed by atoms with Crippen molar-refractivity contribution in [2.45, 2.75) is 41.5 Å². The molecule has 0 atom stereocenters. The van der Waals surface area contributed by atoms with Crippen LogP contribution in [0.2, 0.25) is 0 Å². The first-order valence-corrected chi connectivity index (χ1v) is 6.14. The van der Waals surface area contributed by atoms with Crippen LogP contribution < -0.4 is 5.69 Å². The van der Waals surface area contributed by atoms with Crippen LogP contribution in [0.4, 0.5) is 0 Å². The van der Waals surface area contributed by atoms with Crippen LogP contribution >= 0.6 is 0 Å². The van der Waals surface area contributed by atoms with E-state index in [-0.39, 0.29) is 5.69 Å². The minimum atomic E-state index is -0.166.